The Morgan fingerprint density at radius 1 is 1.10 bits per heavy atom. The molecule has 0 amide bonds. The topological polar surface area (TPSA) is 56.3 Å². The van der Waals surface area contributed by atoms with E-state index in [4.69, 9.17) is 9.72 Å². The molecule has 0 N–H and O–H groups in total. The highest BCUT2D eigenvalue weighted by Crippen LogP contribution is 2.39. The third kappa shape index (κ3) is 4.42. The van der Waals surface area contributed by atoms with E-state index in [0.29, 0.717) is 21.5 Å². The van der Waals surface area contributed by atoms with Crippen LogP contribution >= 0.6 is 15.9 Å². The van der Waals surface area contributed by atoms with Crippen molar-refractivity contribution in [1.82, 2.24) is 4.98 Å². The Labute approximate surface area is 191 Å². The van der Waals surface area contributed by atoms with Gasteiger partial charge in [0.05, 0.1) is 11.1 Å². The molecule has 3 aromatic rings. The molecular formula is C26H26BrNO3. The Hall–Kier alpha value is -2.53. The zero-order valence-corrected chi connectivity index (χ0v) is 19.7. The Balaban J connectivity index is 1.68. The number of carbonyl (C=O) groups is 2. The Kier molecular flexibility index (Phi) is 5.98. The average Bonchev–Trinajstić information content (AvgIpc) is 2.74. The minimum absolute atomic E-state index is 0.139. The van der Waals surface area contributed by atoms with Crippen LogP contribution in [0.1, 0.15) is 59.2 Å². The monoisotopic (exact) mass is 479 g/mol. The number of Topliss-reactive ketones (excluding diaryl/α,β-unsaturated/α-hetero) is 1. The van der Waals surface area contributed by atoms with Gasteiger partial charge >= 0.3 is 5.97 Å². The maximum absolute atomic E-state index is 13.3. The summed E-state index contributed by atoms with van der Waals surface area (Å²) in [6.07, 6.45) is 2.69. The SMILES string of the molecule is CC(C)(C)C1CCc2nc3ccccc3c(C(=O)OCC(=O)c3ccccc3Br)c2C1. The van der Waals surface area contributed by atoms with Gasteiger partial charge in [-0.1, -0.05) is 73.1 Å². The van der Waals surface area contributed by atoms with Crippen molar-refractivity contribution in [3.8, 4) is 0 Å². The number of benzene rings is 2. The summed E-state index contributed by atoms with van der Waals surface area (Å²) in [7, 11) is 0. The molecule has 2 aromatic carbocycles. The van der Waals surface area contributed by atoms with Crippen molar-refractivity contribution < 1.29 is 14.3 Å². The molecule has 0 radical (unpaired) electrons. The second-order valence-corrected chi connectivity index (χ2v) is 10.1. The van der Waals surface area contributed by atoms with Crippen molar-refractivity contribution in [1.29, 1.82) is 0 Å². The Morgan fingerprint density at radius 3 is 2.55 bits per heavy atom. The van der Waals surface area contributed by atoms with Gasteiger partial charge in [-0.15, -0.1) is 0 Å². The molecule has 160 valence electrons. The first-order chi connectivity index (χ1) is 14.8. The van der Waals surface area contributed by atoms with Gasteiger partial charge in [0.15, 0.2) is 6.61 Å². The Bertz CT molecular complexity index is 1160. The predicted octanol–water partition coefficient (Wildman–Crippen LogP) is 6.19. The van der Waals surface area contributed by atoms with Gasteiger partial charge in [-0.25, -0.2) is 4.79 Å². The van der Waals surface area contributed by atoms with E-state index in [-0.39, 0.29) is 17.8 Å². The molecule has 0 aliphatic heterocycles. The number of hydrogen-bond donors (Lipinski definition) is 0. The smallest absolute Gasteiger partial charge is 0.339 e. The zero-order chi connectivity index (χ0) is 22.2. The zero-order valence-electron chi connectivity index (χ0n) is 18.1. The van der Waals surface area contributed by atoms with E-state index in [1.165, 1.54) is 0 Å². The fourth-order valence-electron chi connectivity index (χ4n) is 4.33. The summed E-state index contributed by atoms with van der Waals surface area (Å²) < 4.78 is 6.25. The van der Waals surface area contributed by atoms with Crippen LogP contribution in [0.4, 0.5) is 0 Å². The first-order valence-corrected chi connectivity index (χ1v) is 11.4. The average molecular weight is 480 g/mol. The minimum atomic E-state index is -0.454. The Morgan fingerprint density at radius 2 is 1.81 bits per heavy atom. The fourth-order valence-corrected chi connectivity index (χ4v) is 4.83. The molecule has 0 spiro atoms. The number of pyridine rings is 1. The second kappa shape index (κ2) is 8.54. The van der Waals surface area contributed by atoms with Gasteiger partial charge in [-0.2, -0.15) is 0 Å². The molecule has 1 aliphatic carbocycles. The lowest BCUT2D eigenvalue weighted by Crippen LogP contribution is -2.29. The summed E-state index contributed by atoms with van der Waals surface area (Å²) >= 11 is 3.39. The van der Waals surface area contributed by atoms with Gasteiger partial charge in [-0.3, -0.25) is 9.78 Å². The predicted molar refractivity (Wildman–Crippen MR) is 125 cm³/mol. The highest BCUT2D eigenvalue weighted by molar-refractivity contribution is 9.10. The van der Waals surface area contributed by atoms with Crippen LogP contribution in [0.3, 0.4) is 0 Å². The number of carbonyl (C=O) groups excluding carboxylic acids is 2. The number of fused-ring (bicyclic) bond motifs is 2. The quantitative estimate of drug-likeness (QED) is 0.330. The molecule has 0 saturated heterocycles. The highest BCUT2D eigenvalue weighted by atomic mass is 79.9. The number of halogens is 1. The van der Waals surface area contributed by atoms with E-state index >= 15 is 0 Å². The van der Waals surface area contributed by atoms with Crippen LogP contribution in [-0.2, 0) is 17.6 Å². The molecule has 4 nitrogen and oxygen atoms in total. The number of nitrogens with zero attached hydrogens (tertiary/aromatic N) is 1. The van der Waals surface area contributed by atoms with Crippen molar-refractivity contribution >= 4 is 38.6 Å². The lowest BCUT2D eigenvalue weighted by atomic mass is 9.70. The number of aromatic nitrogens is 1. The largest absolute Gasteiger partial charge is 0.454 e. The number of ether oxygens (including phenoxy) is 1. The third-order valence-corrected chi connectivity index (χ3v) is 6.89. The molecule has 1 aliphatic rings. The third-order valence-electron chi connectivity index (χ3n) is 6.20. The molecule has 0 saturated carbocycles. The number of aryl methyl sites for hydroxylation is 1. The molecule has 4 rings (SSSR count). The van der Waals surface area contributed by atoms with Crippen LogP contribution < -0.4 is 0 Å². The summed E-state index contributed by atoms with van der Waals surface area (Å²) in [6, 6.07) is 14.8. The van der Waals surface area contributed by atoms with Crippen molar-refractivity contribution in [2.75, 3.05) is 6.61 Å². The molecule has 1 atom stereocenters. The number of ketones is 1. The van der Waals surface area contributed by atoms with Crippen LogP contribution in [-0.4, -0.2) is 23.3 Å². The van der Waals surface area contributed by atoms with E-state index in [2.05, 4.69) is 36.7 Å². The molecule has 1 heterocycles. The van der Waals surface area contributed by atoms with Crippen molar-refractivity contribution in [2.24, 2.45) is 11.3 Å². The molecule has 0 fully saturated rings. The van der Waals surface area contributed by atoms with E-state index in [9.17, 15) is 9.59 Å². The maximum Gasteiger partial charge on any atom is 0.339 e. The van der Waals surface area contributed by atoms with E-state index in [1.54, 1.807) is 18.2 Å². The number of esters is 1. The standard InChI is InChI=1S/C26H26BrNO3/c1-26(2,3)16-12-13-22-19(14-16)24(18-9-5-7-11-21(18)28-22)25(30)31-15-23(29)17-8-4-6-10-20(17)27/h4-11,16H,12-15H2,1-3H3. The van der Waals surface area contributed by atoms with Gasteiger partial charge in [-0.05, 0) is 48.3 Å². The number of para-hydroxylation sites is 1. The van der Waals surface area contributed by atoms with Crippen molar-refractivity contribution in [2.45, 2.75) is 40.0 Å². The van der Waals surface area contributed by atoms with Crippen LogP contribution in [0.15, 0.2) is 53.0 Å². The number of rotatable bonds is 4. The lowest BCUT2D eigenvalue weighted by Gasteiger charge is -2.35. The molecule has 0 bridgehead atoms. The molecular weight excluding hydrogens is 454 g/mol. The van der Waals surface area contributed by atoms with Gasteiger partial charge < -0.3 is 4.74 Å². The first-order valence-electron chi connectivity index (χ1n) is 10.6. The molecule has 31 heavy (non-hydrogen) atoms. The van der Waals surface area contributed by atoms with Crippen molar-refractivity contribution in [3.63, 3.8) is 0 Å². The molecule has 5 heteroatoms. The summed E-state index contributed by atoms with van der Waals surface area (Å²) in [4.78, 5) is 30.8. The molecule has 1 unspecified atom stereocenters. The van der Waals surface area contributed by atoms with Crippen LogP contribution in [0.2, 0.25) is 0 Å². The summed E-state index contributed by atoms with van der Waals surface area (Å²) in [6.45, 7) is 6.43. The maximum atomic E-state index is 13.3. The van der Waals surface area contributed by atoms with Gasteiger partial charge in [0, 0.05) is 21.1 Å². The van der Waals surface area contributed by atoms with Gasteiger partial charge in [0.1, 0.15) is 0 Å². The van der Waals surface area contributed by atoms with E-state index < -0.39 is 5.97 Å². The van der Waals surface area contributed by atoms with Gasteiger partial charge in [0.25, 0.3) is 0 Å². The highest BCUT2D eigenvalue weighted by Gasteiger charge is 2.33. The van der Waals surface area contributed by atoms with E-state index in [0.717, 1.165) is 41.4 Å². The molecule has 1 aromatic heterocycles. The van der Waals surface area contributed by atoms with Gasteiger partial charge in [0.2, 0.25) is 5.78 Å². The van der Waals surface area contributed by atoms with Crippen LogP contribution in [0, 0.1) is 11.3 Å². The lowest BCUT2D eigenvalue weighted by molar-refractivity contribution is 0.0474. The minimum Gasteiger partial charge on any atom is -0.454 e. The summed E-state index contributed by atoms with van der Waals surface area (Å²) in [5, 5.41) is 0.786. The summed E-state index contributed by atoms with van der Waals surface area (Å²) in [5.41, 5.74) is 3.95. The summed E-state index contributed by atoms with van der Waals surface area (Å²) in [5.74, 6) is -0.234. The van der Waals surface area contributed by atoms with Crippen molar-refractivity contribution in [3.05, 3.63) is 75.4 Å². The second-order valence-electron chi connectivity index (χ2n) is 9.21. The fraction of sp³-hybridized carbons (Fsp3) is 0.346. The number of hydrogen-bond acceptors (Lipinski definition) is 4. The van der Waals surface area contributed by atoms with Crippen LogP contribution in [0.5, 0.6) is 0 Å². The van der Waals surface area contributed by atoms with Crippen LogP contribution in [0.25, 0.3) is 10.9 Å². The van der Waals surface area contributed by atoms with E-state index in [1.807, 2.05) is 30.3 Å². The normalized spacial score (nSPS) is 16.1. The first kappa shape index (κ1) is 21.7.